The van der Waals surface area contributed by atoms with E-state index in [4.69, 9.17) is 4.74 Å². The standard InChI is InChI=1S/C12H16N4O4/c1-4-6-15(7-5-2)12(17)20-9-10-8-13-11(14(10)3)16(18)19/h4-5,8H,1-2,6-7,9H2,3H3. The summed E-state index contributed by atoms with van der Waals surface area (Å²) < 4.78 is 6.34. The van der Waals surface area contributed by atoms with E-state index >= 15 is 0 Å². The lowest BCUT2D eigenvalue weighted by atomic mass is 10.5. The first kappa shape index (κ1) is 15.4. The zero-order valence-corrected chi connectivity index (χ0v) is 11.2. The van der Waals surface area contributed by atoms with Gasteiger partial charge in [-0.25, -0.2) is 9.36 Å². The zero-order chi connectivity index (χ0) is 15.1. The average Bonchev–Trinajstić information content (AvgIpc) is 2.77. The van der Waals surface area contributed by atoms with Crippen LogP contribution in [-0.2, 0) is 18.4 Å². The van der Waals surface area contributed by atoms with Crippen LogP contribution in [-0.4, -0.2) is 38.6 Å². The van der Waals surface area contributed by atoms with Gasteiger partial charge in [-0.05, 0) is 4.92 Å². The van der Waals surface area contributed by atoms with Crippen LogP contribution in [0.5, 0.6) is 0 Å². The van der Waals surface area contributed by atoms with E-state index in [1.54, 1.807) is 12.2 Å². The number of aromatic nitrogens is 2. The highest BCUT2D eigenvalue weighted by molar-refractivity contribution is 5.68. The predicted octanol–water partition coefficient (Wildman–Crippen LogP) is 1.64. The van der Waals surface area contributed by atoms with Crippen LogP contribution in [0, 0.1) is 10.1 Å². The number of nitrogens with zero attached hydrogens (tertiary/aromatic N) is 4. The SMILES string of the molecule is C=CCN(CC=C)C(=O)OCc1cnc([N+](=O)[O-])n1C. The summed E-state index contributed by atoms with van der Waals surface area (Å²) in [4.78, 5) is 26.9. The number of hydrogen-bond acceptors (Lipinski definition) is 5. The first-order chi connectivity index (χ1) is 9.51. The second kappa shape index (κ2) is 7.07. The summed E-state index contributed by atoms with van der Waals surface area (Å²) >= 11 is 0. The van der Waals surface area contributed by atoms with Crippen LogP contribution in [0.15, 0.2) is 31.5 Å². The molecule has 0 aliphatic rings. The van der Waals surface area contributed by atoms with E-state index in [0.717, 1.165) is 0 Å². The van der Waals surface area contributed by atoms with Crippen LogP contribution in [0.2, 0.25) is 0 Å². The fourth-order valence-corrected chi connectivity index (χ4v) is 1.50. The number of carbonyl (C=O) groups is 1. The summed E-state index contributed by atoms with van der Waals surface area (Å²) in [5.41, 5.74) is 0.433. The van der Waals surface area contributed by atoms with Gasteiger partial charge in [-0.3, -0.25) is 0 Å². The molecule has 0 aliphatic carbocycles. The number of imidazole rings is 1. The Labute approximate surface area is 116 Å². The van der Waals surface area contributed by atoms with Gasteiger partial charge in [0, 0.05) is 13.1 Å². The van der Waals surface area contributed by atoms with E-state index in [0.29, 0.717) is 18.8 Å². The fourth-order valence-electron chi connectivity index (χ4n) is 1.50. The third kappa shape index (κ3) is 3.67. The lowest BCUT2D eigenvalue weighted by Gasteiger charge is -2.18. The quantitative estimate of drug-likeness (QED) is 0.430. The number of amides is 1. The molecule has 1 rings (SSSR count). The number of ether oxygens (including phenoxy) is 1. The summed E-state index contributed by atoms with van der Waals surface area (Å²) in [6.07, 6.45) is 3.89. The van der Waals surface area contributed by atoms with Gasteiger partial charge in [-0.2, -0.15) is 0 Å². The summed E-state index contributed by atoms with van der Waals surface area (Å²) in [5, 5.41) is 10.6. The fraction of sp³-hybridized carbons (Fsp3) is 0.333. The smallest absolute Gasteiger partial charge is 0.434 e. The van der Waals surface area contributed by atoms with Crippen LogP contribution in [0.4, 0.5) is 10.7 Å². The minimum atomic E-state index is -0.604. The van der Waals surface area contributed by atoms with Gasteiger partial charge in [0.25, 0.3) is 0 Å². The van der Waals surface area contributed by atoms with Crippen molar-refractivity contribution >= 4 is 12.0 Å². The van der Waals surface area contributed by atoms with E-state index in [1.165, 1.54) is 22.7 Å². The van der Waals surface area contributed by atoms with Crippen molar-refractivity contribution in [3.8, 4) is 0 Å². The van der Waals surface area contributed by atoms with Crippen molar-refractivity contribution in [1.29, 1.82) is 0 Å². The highest BCUT2D eigenvalue weighted by atomic mass is 16.6. The molecule has 1 amide bonds. The van der Waals surface area contributed by atoms with Crippen molar-refractivity contribution in [2.24, 2.45) is 7.05 Å². The van der Waals surface area contributed by atoms with Gasteiger partial charge < -0.3 is 19.8 Å². The largest absolute Gasteiger partial charge is 0.441 e. The van der Waals surface area contributed by atoms with Crippen molar-refractivity contribution in [1.82, 2.24) is 14.5 Å². The van der Waals surface area contributed by atoms with E-state index < -0.39 is 11.0 Å². The van der Waals surface area contributed by atoms with Crippen LogP contribution >= 0.6 is 0 Å². The van der Waals surface area contributed by atoms with E-state index in [9.17, 15) is 14.9 Å². The molecule has 0 aromatic carbocycles. The number of nitro groups is 1. The van der Waals surface area contributed by atoms with E-state index in [1.807, 2.05) is 0 Å². The molecule has 1 aromatic heterocycles. The van der Waals surface area contributed by atoms with Crippen LogP contribution < -0.4 is 0 Å². The first-order valence-corrected chi connectivity index (χ1v) is 5.79. The van der Waals surface area contributed by atoms with Crippen molar-refractivity contribution in [3.63, 3.8) is 0 Å². The Kier molecular flexibility index (Phi) is 5.45. The molecular weight excluding hydrogens is 264 g/mol. The van der Waals surface area contributed by atoms with Gasteiger partial charge in [-0.15, -0.1) is 13.2 Å². The van der Waals surface area contributed by atoms with Crippen molar-refractivity contribution < 1.29 is 14.5 Å². The molecule has 8 heteroatoms. The minimum Gasteiger partial charge on any atom is -0.441 e. The van der Waals surface area contributed by atoms with E-state index in [2.05, 4.69) is 18.1 Å². The summed E-state index contributed by atoms with van der Waals surface area (Å²) in [6, 6.07) is 0. The van der Waals surface area contributed by atoms with E-state index in [-0.39, 0.29) is 12.6 Å². The molecule has 108 valence electrons. The van der Waals surface area contributed by atoms with Gasteiger partial charge in [0.1, 0.15) is 6.20 Å². The molecule has 1 heterocycles. The molecule has 0 radical (unpaired) electrons. The molecule has 0 bridgehead atoms. The maximum absolute atomic E-state index is 11.8. The molecule has 0 saturated carbocycles. The molecule has 0 fully saturated rings. The second-order valence-electron chi connectivity index (χ2n) is 3.90. The normalized spacial score (nSPS) is 9.85. The van der Waals surface area contributed by atoms with Crippen molar-refractivity contribution in [2.75, 3.05) is 13.1 Å². The number of hydrogen-bond donors (Lipinski definition) is 0. The van der Waals surface area contributed by atoms with Crippen LogP contribution in [0.1, 0.15) is 5.69 Å². The molecule has 20 heavy (non-hydrogen) atoms. The summed E-state index contributed by atoms with van der Waals surface area (Å²) in [7, 11) is 1.49. The van der Waals surface area contributed by atoms with Crippen LogP contribution in [0.3, 0.4) is 0 Å². The predicted molar refractivity (Wildman–Crippen MR) is 72.0 cm³/mol. The molecule has 8 nitrogen and oxygen atoms in total. The summed E-state index contributed by atoms with van der Waals surface area (Å²) in [5.74, 6) is -0.301. The Morgan fingerprint density at radius 1 is 1.55 bits per heavy atom. The Morgan fingerprint density at radius 3 is 2.60 bits per heavy atom. The Hall–Kier alpha value is -2.64. The minimum absolute atomic E-state index is 0.0963. The topological polar surface area (TPSA) is 90.5 Å². The van der Waals surface area contributed by atoms with Crippen LogP contribution in [0.25, 0.3) is 0 Å². The van der Waals surface area contributed by atoms with Gasteiger partial charge in [0.05, 0.1) is 7.05 Å². The third-order valence-corrected chi connectivity index (χ3v) is 2.52. The number of carbonyl (C=O) groups excluding carboxylic acids is 1. The monoisotopic (exact) mass is 280 g/mol. The Morgan fingerprint density at radius 2 is 2.15 bits per heavy atom. The molecule has 0 saturated heterocycles. The first-order valence-electron chi connectivity index (χ1n) is 5.79. The lowest BCUT2D eigenvalue weighted by Crippen LogP contribution is -2.31. The molecule has 0 atom stereocenters. The lowest BCUT2D eigenvalue weighted by molar-refractivity contribution is -0.396. The van der Waals surface area contributed by atoms with Crippen molar-refractivity contribution in [3.05, 3.63) is 47.3 Å². The molecular formula is C12H16N4O4. The van der Waals surface area contributed by atoms with Gasteiger partial charge in [0.15, 0.2) is 12.3 Å². The molecule has 0 unspecified atom stereocenters. The van der Waals surface area contributed by atoms with Gasteiger partial charge >= 0.3 is 12.0 Å². The van der Waals surface area contributed by atoms with Gasteiger partial charge in [0.2, 0.25) is 0 Å². The average molecular weight is 280 g/mol. The maximum Gasteiger partial charge on any atom is 0.434 e. The Bertz CT molecular complexity index is 514. The molecule has 0 spiro atoms. The number of rotatable bonds is 7. The maximum atomic E-state index is 11.8. The Balaban J connectivity index is 2.66. The van der Waals surface area contributed by atoms with Crippen molar-refractivity contribution in [2.45, 2.75) is 6.61 Å². The molecule has 0 N–H and O–H groups in total. The van der Waals surface area contributed by atoms with Gasteiger partial charge in [-0.1, -0.05) is 17.1 Å². The highest BCUT2D eigenvalue weighted by Gasteiger charge is 2.19. The summed E-state index contributed by atoms with van der Waals surface area (Å²) in [6.45, 7) is 7.66. The highest BCUT2D eigenvalue weighted by Crippen LogP contribution is 2.12. The molecule has 1 aromatic rings. The zero-order valence-electron chi connectivity index (χ0n) is 11.2. The molecule has 0 aliphatic heterocycles. The third-order valence-electron chi connectivity index (χ3n) is 2.52. The second-order valence-corrected chi connectivity index (χ2v) is 3.90.